The van der Waals surface area contributed by atoms with E-state index >= 15 is 0 Å². The molecule has 88 valence electrons. The summed E-state index contributed by atoms with van der Waals surface area (Å²) < 4.78 is 2.85. The van der Waals surface area contributed by atoms with Crippen molar-refractivity contribution >= 4 is 21.7 Å². The lowest BCUT2D eigenvalue weighted by Gasteiger charge is -2.18. The lowest BCUT2D eigenvalue weighted by molar-refractivity contribution is -0.117. The summed E-state index contributed by atoms with van der Waals surface area (Å²) in [6.45, 7) is 1.61. The predicted molar refractivity (Wildman–Crippen MR) is 69.8 cm³/mol. The second kappa shape index (κ2) is 5.27. The van der Waals surface area contributed by atoms with Crippen molar-refractivity contribution in [3.63, 3.8) is 0 Å². The molecule has 0 spiro atoms. The summed E-state index contributed by atoms with van der Waals surface area (Å²) in [5.74, 6) is 0.166. The number of carbonyl (C=O) groups is 1. The SMILES string of the molecule is CC(=O)CC(c1ccccc1)n1cncc1Br. The summed E-state index contributed by atoms with van der Waals surface area (Å²) in [5, 5.41) is 0. The molecule has 0 fully saturated rings. The van der Waals surface area contributed by atoms with Crippen LogP contribution in [0.1, 0.15) is 24.9 Å². The number of hydrogen-bond acceptors (Lipinski definition) is 2. The number of carbonyl (C=O) groups excluding carboxylic acids is 1. The number of ketones is 1. The van der Waals surface area contributed by atoms with Gasteiger partial charge in [0.25, 0.3) is 0 Å². The number of benzene rings is 1. The van der Waals surface area contributed by atoms with E-state index < -0.39 is 0 Å². The first-order valence-electron chi connectivity index (χ1n) is 5.40. The zero-order valence-electron chi connectivity index (χ0n) is 9.51. The third-order valence-electron chi connectivity index (χ3n) is 2.62. The van der Waals surface area contributed by atoms with Crippen molar-refractivity contribution in [2.75, 3.05) is 0 Å². The van der Waals surface area contributed by atoms with Gasteiger partial charge in [0.1, 0.15) is 10.4 Å². The van der Waals surface area contributed by atoms with Gasteiger partial charge in [0.05, 0.1) is 18.6 Å². The molecule has 0 aliphatic carbocycles. The second-order valence-corrected chi connectivity index (χ2v) is 4.77. The van der Waals surface area contributed by atoms with Crippen LogP contribution in [0.25, 0.3) is 0 Å². The Morgan fingerprint density at radius 1 is 1.41 bits per heavy atom. The van der Waals surface area contributed by atoms with Gasteiger partial charge in [-0.25, -0.2) is 4.98 Å². The van der Waals surface area contributed by atoms with Crippen LogP contribution >= 0.6 is 15.9 Å². The highest BCUT2D eigenvalue weighted by atomic mass is 79.9. The van der Waals surface area contributed by atoms with Gasteiger partial charge in [-0.3, -0.25) is 4.79 Å². The van der Waals surface area contributed by atoms with E-state index in [4.69, 9.17) is 0 Å². The van der Waals surface area contributed by atoms with E-state index in [9.17, 15) is 4.79 Å². The molecule has 2 rings (SSSR count). The van der Waals surface area contributed by atoms with Crippen LogP contribution in [0.5, 0.6) is 0 Å². The number of imidazole rings is 1. The van der Waals surface area contributed by atoms with Crippen molar-refractivity contribution in [3.05, 3.63) is 53.0 Å². The van der Waals surface area contributed by atoms with E-state index in [1.165, 1.54) is 0 Å². The minimum atomic E-state index is 0.00516. The Bertz CT molecular complexity index is 507. The summed E-state index contributed by atoms with van der Waals surface area (Å²) in [6.07, 6.45) is 3.94. The molecule has 0 amide bonds. The fourth-order valence-electron chi connectivity index (χ4n) is 1.84. The molecular weight excluding hydrogens is 280 g/mol. The molecule has 0 aliphatic rings. The van der Waals surface area contributed by atoms with E-state index in [0.717, 1.165) is 10.2 Å². The molecule has 0 bridgehead atoms. The van der Waals surface area contributed by atoms with Crippen LogP contribution in [0.4, 0.5) is 0 Å². The van der Waals surface area contributed by atoms with Crippen molar-refractivity contribution in [1.29, 1.82) is 0 Å². The van der Waals surface area contributed by atoms with Gasteiger partial charge in [-0.05, 0) is 28.4 Å². The third kappa shape index (κ3) is 2.82. The zero-order valence-corrected chi connectivity index (χ0v) is 11.1. The molecular formula is C13H13BrN2O. The van der Waals surface area contributed by atoms with Crippen LogP contribution in [0.15, 0.2) is 47.5 Å². The number of hydrogen-bond donors (Lipinski definition) is 0. The minimum absolute atomic E-state index is 0.00516. The largest absolute Gasteiger partial charge is 0.317 e. The standard InChI is InChI=1S/C13H13BrN2O/c1-10(17)7-12(11-5-3-2-4-6-11)16-9-15-8-13(16)14/h2-6,8-9,12H,7H2,1H3. The molecule has 2 aromatic rings. The van der Waals surface area contributed by atoms with E-state index in [-0.39, 0.29) is 11.8 Å². The highest BCUT2D eigenvalue weighted by molar-refractivity contribution is 9.10. The lowest BCUT2D eigenvalue weighted by Crippen LogP contribution is -2.13. The average molecular weight is 293 g/mol. The second-order valence-electron chi connectivity index (χ2n) is 3.96. The van der Waals surface area contributed by atoms with E-state index in [1.807, 2.05) is 34.9 Å². The number of aromatic nitrogens is 2. The van der Waals surface area contributed by atoms with Gasteiger partial charge >= 0.3 is 0 Å². The van der Waals surface area contributed by atoms with Gasteiger partial charge in [-0.15, -0.1) is 0 Å². The maximum Gasteiger partial charge on any atom is 0.132 e. The molecule has 1 atom stereocenters. The van der Waals surface area contributed by atoms with E-state index in [1.54, 1.807) is 19.4 Å². The van der Waals surface area contributed by atoms with Crippen LogP contribution in [-0.4, -0.2) is 15.3 Å². The topological polar surface area (TPSA) is 34.9 Å². The zero-order chi connectivity index (χ0) is 12.3. The van der Waals surface area contributed by atoms with Crippen LogP contribution < -0.4 is 0 Å². The smallest absolute Gasteiger partial charge is 0.132 e. The van der Waals surface area contributed by atoms with Crippen molar-refractivity contribution in [1.82, 2.24) is 9.55 Å². The third-order valence-corrected chi connectivity index (χ3v) is 3.23. The molecule has 0 saturated carbocycles. The van der Waals surface area contributed by atoms with Crippen molar-refractivity contribution in [2.45, 2.75) is 19.4 Å². The van der Waals surface area contributed by atoms with Gasteiger partial charge in [-0.1, -0.05) is 30.3 Å². The van der Waals surface area contributed by atoms with Crippen LogP contribution in [0, 0.1) is 0 Å². The van der Waals surface area contributed by atoms with Crippen molar-refractivity contribution in [3.8, 4) is 0 Å². The Kier molecular flexibility index (Phi) is 3.74. The van der Waals surface area contributed by atoms with Gasteiger partial charge in [0.2, 0.25) is 0 Å². The Hall–Kier alpha value is -1.42. The van der Waals surface area contributed by atoms with Gasteiger partial charge in [0, 0.05) is 6.42 Å². The first kappa shape index (κ1) is 12.0. The molecule has 1 heterocycles. The van der Waals surface area contributed by atoms with Crippen LogP contribution in [0.2, 0.25) is 0 Å². The molecule has 4 heteroatoms. The Morgan fingerprint density at radius 2 is 2.12 bits per heavy atom. The Labute approximate surface area is 109 Å². The molecule has 0 aliphatic heterocycles. The summed E-state index contributed by atoms with van der Waals surface area (Å²) in [6, 6.07) is 9.99. The van der Waals surface area contributed by atoms with Crippen LogP contribution in [-0.2, 0) is 4.79 Å². The molecule has 1 aromatic heterocycles. The number of Topliss-reactive ketones (excluding diaryl/α,β-unsaturated/α-hetero) is 1. The summed E-state index contributed by atoms with van der Waals surface area (Å²) in [4.78, 5) is 15.5. The number of halogens is 1. The van der Waals surface area contributed by atoms with E-state index in [2.05, 4.69) is 20.9 Å². The molecule has 0 N–H and O–H groups in total. The molecule has 0 saturated heterocycles. The summed E-state index contributed by atoms with van der Waals surface area (Å²) in [5.41, 5.74) is 1.11. The highest BCUT2D eigenvalue weighted by Crippen LogP contribution is 2.25. The maximum absolute atomic E-state index is 11.4. The molecule has 1 aromatic carbocycles. The van der Waals surface area contributed by atoms with Gasteiger partial charge < -0.3 is 4.57 Å². The molecule has 0 radical (unpaired) electrons. The van der Waals surface area contributed by atoms with Crippen LogP contribution in [0.3, 0.4) is 0 Å². The summed E-state index contributed by atoms with van der Waals surface area (Å²) >= 11 is 3.44. The summed E-state index contributed by atoms with van der Waals surface area (Å²) in [7, 11) is 0. The van der Waals surface area contributed by atoms with E-state index in [0.29, 0.717) is 6.42 Å². The lowest BCUT2D eigenvalue weighted by atomic mass is 10.0. The number of nitrogens with zero attached hydrogens (tertiary/aromatic N) is 2. The van der Waals surface area contributed by atoms with Crippen molar-refractivity contribution in [2.24, 2.45) is 0 Å². The quantitative estimate of drug-likeness (QED) is 0.867. The first-order chi connectivity index (χ1) is 8.18. The van der Waals surface area contributed by atoms with Gasteiger partial charge in [0.15, 0.2) is 0 Å². The van der Waals surface area contributed by atoms with Gasteiger partial charge in [-0.2, -0.15) is 0 Å². The predicted octanol–water partition coefficient (Wildman–Crippen LogP) is 3.21. The molecule has 17 heavy (non-hydrogen) atoms. The maximum atomic E-state index is 11.4. The first-order valence-corrected chi connectivity index (χ1v) is 6.19. The fraction of sp³-hybridized carbons (Fsp3) is 0.231. The number of rotatable bonds is 4. The normalized spacial score (nSPS) is 12.4. The molecule has 1 unspecified atom stereocenters. The fourth-order valence-corrected chi connectivity index (χ4v) is 2.30. The van der Waals surface area contributed by atoms with Crippen molar-refractivity contribution < 1.29 is 4.79 Å². The Morgan fingerprint density at radius 3 is 2.65 bits per heavy atom. The Balaban J connectivity index is 2.39. The highest BCUT2D eigenvalue weighted by Gasteiger charge is 2.17. The average Bonchev–Trinajstić information content (AvgIpc) is 2.73. The monoisotopic (exact) mass is 292 g/mol. The minimum Gasteiger partial charge on any atom is -0.317 e. The molecule has 3 nitrogen and oxygen atoms in total.